The number of aryl methyl sites for hydroxylation is 2. The second-order valence-electron chi connectivity index (χ2n) is 3.94. The number of thiocarbonyl (C=S) groups is 1. The van der Waals surface area contributed by atoms with Gasteiger partial charge >= 0.3 is 0 Å². The Hall–Kier alpha value is -1.95. The zero-order chi connectivity index (χ0) is 13.1. The zero-order valence-corrected chi connectivity index (χ0v) is 11.0. The Morgan fingerprint density at radius 1 is 1.44 bits per heavy atom. The lowest BCUT2D eigenvalue weighted by molar-refractivity contribution is 0.388. The summed E-state index contributed by atoms with van der Waals surface area (Å²) >= 11 is 5.03. The number of hydrogen-bond donors (Lipinski definition) is 2. The van der Waals surface area contributed by atoms with Crippen molar-refractivity contribution in [1.82, 2.24) is 10.1 Å². The molecule has 0 fully saturated rings. The molecule has 0 unspecified atom stereocenters. The standard InChI is InChI=1S/C12H14N4OS/c1-7-4-3-5-9(12(13)18)11(7)14-6-10-15-8(2)17-16-10/h3-5,14H,6H2,1-2H3,(H2,13,18). The summed E-state index contributed by atoms with van der Waals surface area (Å²) < 4.78 is 4.91. The van der Waals surface area contributed by atoms with Crippen LogP contribution in [0, 0.1) is 13.8 Å². The van der Waals surface area contributed by atoms with Gasteiger partial charge in [-0.3, -0.25) is 0 Å². The van der Waals surface area contributed by atoms with Crippen molar-refractivity contribution in [2.24, 2.45) is 5.73 Å². The SMILES string of the molecule is Cc1nc(CNc2c(C)cccc2C(N)=S)no1. The van der Waals surface area contributed by atoms with Crippen LogP contribution in [0.3, 0.4) is 0 Å². The Kier molecular flexibility index (Phi) is 3.57. The number of hydrogen-bond acceptors (Lipinski definition) is 5. The van der Waals surface area contributed by atoms with Crippen molar-refractivity contribution in [2.45, 2.75) is 20.4 Å². The molecule has 18 heavy (non-hydrogen) atoms. The molecule has 0 saturated carbocycles. The van der Waals surface area contributed by atoms with Crippen LogP contribution in [-0.2, 0) is 6.54 Å². The fourth-order valence-electron chi connectivity index (χ4n) is 1.69. The Labute approximate surface area is 110 Å². The van der Waals surface area contributed by atoms with Gasteiger partial charge in [0, 0.05) is 18.2 Å². The second-order valence-corrected chi connectivity index (χ2v) is 4.38. The average molecular weight is 262 g/mol. The first-order chi connectivity index (χ1) is 8.58. The molecule has 1 aromatic heterocycles. The van der Waals surface area contributed by atoms with Crippen LogP contribution in [0.1, 0.15) is 22.8 Å². The topological polar surface area (TPSA) is 77.0 Å². The predicted octanol–water partition coefficient (Wildman–Crippen LogP) is 1.93. The normalized spacial score (nSPS) is 10.3. The van der Waals surface area contributed by atoms with E-state index in [1.165, 1.54) is 0 Å². The highest BCUT2D eigenvalue weighted by Gasteiger charge is 2.09. The van der Waals surface area contributed by atoms with Crippen LogP contribution in [0.2, 0.25) is 0 Å². The molecule has 6 heteroatoms. The van der Waals surface area contributed by atoms with E-state index >= 15 is 0 Å². The number of benzene rings is 1. The van der Waals surface area contributed by atoms with Crippen LogP contribution in [0.25, 0.3) is 0 Å². The summed E-state index contributed by atoms with van der Waals surface area (Å²) in [5.74, 6) is 1.15. The molecule has 3 N–H and O–H groups in total. The van der Waals surface area contributed by atoms with Crippen molar-refractivity contribution < 1.29 is 4.52 Å². The zero-order valence-electron chi connectivity index (χ0n) is 10.2. The summed E-state index contributed by atoms with van der Waals surface area (Å²) in [6.07, 6.45) is 0. The van der Waals surface area contributed by atoms with Crippen molar-refractivity contribution in [3.63, 3.8) is 0 Å². The van der Waals surface area contributed by atoms with E-state index in [2.05, 4.69) is 15.5 Å². The second kappa shape index (κ2) is 5.14. The van der Waals surface area contributed by atoms with E-state index in [9.17, 15) is 0 Å². The lowest BCUT2D eigenvalue weighted by atomic mass is 10.1. The molecule has 0 aliphatic rings. The molecule has 2 aromatic rings. The number of nitrogens with two attached hydrogens (primary N) is 1. The third kappa shape index (κ3) is 2.65. The average Bonchev–Trinajstić information content (AvgIpc) is 2.73. The first-order valence-corrected chi connectivity index (χ1v) is 5.91. The van der Waals surface area contributed by atoms with Crippen molar-refractivity contribution in [1.29, 1.82) is 0 Å². The van der Waals surface area contributed by atoms with Crippen molar-refractivity contribution in [2.75, 3.05) is 5.32 Å². The first-order valence-electron chi connectivity index (χ1n) is 5.50. The maximum absolute atomic E-state index is 5.70. The number of nitrogens with zero attached hydrogens (tertiary/aromatic N) is 2. The van der Waals surface area contributed by atoms with Gasteiger partial charge in [0.1, 0.15) is 4.99 Å². The molecule has 94 valence electrons. The lowest BCUT2D eigenvalue weighted by Crippen LogP contribution is -2.14. The van der Waals surface area contributed by atoms with Gasteiger partial charge in [-0.1, -0.05) is 29.5 Å². The highest BCUT2D eigenvalue weighted by Crippen LogP contribution is 2.21. The molecule has 2 rings (SSSR count). The van der Waals surface area contributed by atoms with E-state index in [1.54, 1.807) is 6.92 Å². The van der Waals surface area contributed by atoms with Gasteiger partial charge in [-0.25, -0.2) is 0 Å². The van der Waals surface area contributed by atoms with Crippen LogP contribution in [-0.4, -0.2) is 15.1 Å². The van der Waals surface area contributed by atoms with Crippen molar-refractivity contribution in [3.05, 3.63) is 41.0 Å². The fourth-order valence-corrected chi connectivity index (χ4v) is 1.86. The molecule has 0 saturated heterocycles. The van der Waals surface area contributed by atoms with Crippen LogP contribution in [0.4, 0.5) is 5.69 Å². The summed E-state index contributed by atoms with van der Waals surface area (Å²) in [5, 5.41) is 7.06. The van der Waals surface area contributed by atoms with Gasteiger partial charge in [-0.15, -0.1) is 0 Å². The number of aromatic nitrogens is 2. The van der Waals surface area contributed by atoms with Gasteiger partial charge in [-0.2, -0.15) is 4.98 Å². The Bertz CT molecular complexity index is 579. The minimum atomic E-state index is 0.366. The third-order valence-electron chi connectivity index (χ3n) is 2.53. The Morgan fingerprint density at radius 3 is 2.83 bits per heavy atom. The van der Waals surface area contributed by atoms with E-state index in [1.807, 2.05) is 25.1 Å². The Balaban J connectivity index is 2.20. The highest BCUT2D eigenvalue weighted by atomic mass is 32.1. The number of nitrogens with one attached hydrogen (secondary N) is 1. The molecular formula is C12H14N4OS. The van der Waals surface area contributed by atoms with Gasteiger partial charge in [-0.05, 0) is 18.6 Å². The van der Waals surface area contributed by atoms with E-state index in [4.69, 9.17) is 22.5 Å². The Morgan fingerprint density at radius 2 is 2.22 bits per heavy atom. The van der Waals surface area contributed by atoms with Gasteiger partial charge < -0.3 is 15.6 Å². The van der Waals surface area contributed by atoms with E-state index in [0.29, 0.717) is 23.2 Å². The summed E-state index contributed by atoms with van der Waals surface area (Å²) in [6.45, 7) is 4.22. The third-order valence-corrected chi connectivity index (χ3v) is 2.75. The molecule has 0 bridgehead atoms. The quantitative estimate of drug-likeness (QED) is 0.820. The molecule has 1 heterocycles. The molecular weight excluding hydrogens is 248 g/mol. The monoisotopic (exact) mass is 262 g/mol. The molecule has 0 amide bonds. The molecule has 0 aliphatic carbocycles. The van der Waals surface area contributed by atoms with Gasteiger partial charge in [0.05, 0.1) is 6.54 Å². The fraction of sp³-hybridized carbons (Fsp3) is 0.250. The summed E-state index contributed by atoms with van der Waals surface area (Å²) in [4.78, 5) is 4.49. The molecule has 5 nitrogen and oxygen atoms in total. The van der Waals surface area contributed by atoms with Crippen molar-refractivity contribution in [3.8, 4) is 0 Å². The maximum Gasteiger partial charge on any atom is 0.223 e. The maximum atomic E-state index is 5.70. The van der Waals surface area contributed by atoms with Gasteiger partial charge in [0.15, 0.2) is 5.82 Å². The van der Waals surface area contributed by atoms with Gasteiger partial charge in [0.2, 0.25) is 5.89 Å². The predicted molar refractivity (Wildman–Crippen MR) is 73.4 cm³/mol. The molecule has 0 radical (unpaired) electrons. The molecule has 1 aromatic carbocycles. The number of anilines is 1. The van der Waals surface area contributed by atoms with E-state index < -0.39 is 0 Å². The smallest absolute Gasteiger partial charge is 0.223 e. The molecule has 0 aliphatic heterocycles. The van der Waals surface area contributed by atoms with Crippen LogP contribution >= 0.6 is 12.2 Å². The van der Waals surface area contributed by atoms with Crippen LogP contribution < -0.4 is 11.1 Å². The summed E-state index contributed by atoms with van der Waals surface area (Å²) in [6, 6.07) is 5.80. The largest absolute Gasteiger partial charge is 0.389 e. The first kappa shape index (κ1) is 12.5. The number of para-hydroxylation sites is 1. The van der Waals surface area contributed by atoms with E-state index in [-0.39, 0.29) is 0 Å². The van der Waals surface area contributed by atoms with Crippen LogP contribution in [0.15, 0.2) is 22.7 Å². The van der Waals surface area contributed by atoms with Crippen LogP contribution in [0.5, 0.6) is 0 Å². The summed E-state index contributed by atoms with van der Waals surface area (Å²) in [7, 11) is 0. The minimum absolute atomic E-state index is 0.366. The molecule has 0 spiro atoms. The summed E-state index contributed by atoms with van der Waals surface area (Å²) in [5.41, 5.74) is 8.50. The minimum Gasteiger partial charge on any atom is -0.389 e. The van der Waals surface area contributed by atoms with E-state index in [0.717, 1.165) is 16.8 Å². The van der Waals surface area contributed by atoms with Gasteiger partial charge in [0.25, 0.3) is 0 Å². The highest BCUT2D eigenvalue weighted by molar-refractivity contribution is 7.80. The lowest BCUT2D eigenvalue weighted by Gasteiger charge is -2.12. The molecule has 0 atom stereocenters. The number of rotatable bonds is 4. The van der Waals surface area contributed by atoms with Crippen molar-refractivity contribution >= 4 is 22.9 Å².